The average Bonchev–Trinajstić information content (AvgIpc) is 2.29. The Hall–Kier alpha value is -1.17. The van der Waals surface area contributed by atoms with Crippen molar-refractivity contribution in [3.63, 3.8) is 0 Å². The van der Waals surface area contributed by atoms with Crippen molar-refractivity contribution in [3.05, 3.63) is 10.1 Å². The standard InChI is InChI=1S/C11H19NO5/c1-2-17-10(13)11(14,8-12(15)16)9-6-4-3-5-7-9/h9,14H,2-8H2,1H3/t11-/m1/s1. The number of ether oxygens (including phenoxy) is 1. The molecule has 0 amide bonds. The molecule has 1 fully saturated rings. The third kappa shape index (κ3) is 3.39. The Kier molecular flexibility index (Phi) is 4.86. The second kappa shape index (κ2) is 5.95. The number of aliphatic hydroxyl groups is 1. The summed E-state index contributed by atoms with van der Waals surface area (Å²) in [4.78, 5) is 21.7. The van der Waals surface area contributed by atoms with Crippen LogP contribution in [0.4, 0.5) is 0 Å². The number of nitrogens with zero attached hydrogens (tertiary/aromatic N) is 1. The minimum atomic E-state index is -1.96. The van der Waals surface area contributed by atoms with Gasteiger partial charge in [0.2, 0.25) is 12.1 Å². The largest absolute Gasteiger partial charge is 0.464 e. The maximum Gasteiger partial charge on any atom is 0.345 e. The Morgan fingerprint density at radius 1 is 1.47 bits per heavy atom. The first-order valence-electron chi connectivity index (χ1n) is 6.02. The first kappa shape index (κ1) is 13.9. The van der Waals surface area contributed by atoms with Gasteiger partial charge in [-0.2, -0.15) is 0 Å². The lowest BCUT2D eigenvalue weighted by Gasteiger charge is -2.33. The molecule has 6 heteroatoms. The Morgan fingerprint density at radius 3 is 2.53 bits per heavy atom. The van der Waals surface area contributed by atoms with E-state index in [4.69, 9.17) is 4.74 Å². The van der Waals surface area contributed by atoms with Crippen LogP contribution in [0.3, 0.4) is 0 Å². The van der Waals surface area contributed by atoms with Crippen LogP contribution >= 0.6 is 0 Å². The van der Waals surface area contributed by atoms with Crippen molar-refractivity contribution in [2.45, 2.75) is 44.6 Å². The minimum Gasteiger partial charge on any atom is -0.464 e. The van der Waals surface area contributed by atoms with E-state index in [1.807, 2.05) is 0 Å². The van der Waals surface area contributed by atoms with Gasteiger partial charge in [0, 0.05) is 10.8 Å². The van der Waals surface area contributed by atoms with Crippen LogP contribution in [-0.2, 0) is 9.53 Å². The van der Waals surface area contributed by atoms with Crippen molar-refractivity contribution in [2.24, 2.45) is 5.92 Å². The van der Waals surface area contributed by atoms with Gasteiger partial charge in [-0.1, -0.05) is 19.3 Å². The molecule has 0 spiro atoms. The van der Waals surface area contributed by atoms with Crippen LogP contribution in [-0.4, -0.2) is 34.8 Å². The number of rotatable bonds is 5. The normalized spacial score (nSPS) is 20.6. The number of esters is 1. The van der Waals surface area contributed by atoms with E-state index in [2.05, 4.69) is 0 Å². The molecule has 0 saturated heterocycles. The van der Waals surface area contributed by atoms with E-state index >= 15 is 0 Å². The summed E-state index contributed by atoms with van der Waals surface area (Å²) in [5.74, 6) is -1.22. The van der Waals surface area contributed by atoms with Crippen molar-refractivity contribution < 1.29 is 19.6 Å². The summed E-state index contributed by atoms with van der Waals surface area (Å²) in [6.45, 7) is 0.966. The van der Waals surface area contributed by atoms with Crippen molar-refractivity contribution in [1.29, 1.82) is 0 Å². The number of hydrogen-bond acceptors (Lipinski definition) is 5. The fourth-order valence-electron chi connectivity index (χ4n) is 2.39. The summed E-state index contributed by atoms with van der Waals surface area (Å²) in [5.41, 5.74) is -1.96. The van der Waals surface area contributed by atoms with Crippen molar-refractivity contribution in [3.8, 4) is 0 Å². The molecule has 17 heavy (non-hydrogen) atoms. The summed E-state index contributed by atoms with van der Waals surface area (Å²) < 4.78 is 4.77. The Labute approximate surface area is 100 Å². The van der Waals surface area contributed by atoms with Crippen molar-refractivity contribution >= 4 is 5.97 Å². The smallest absolute Gasteiger partial charge is 0.345 e. The van der Waals surface area contributed by atoms with Gasteiger partial charge in [0.05, 0.1) is 6.61 Å². The van der Waals surface area contributed by atoms with Gasteiger partial charge in [0.1, 0.15) is 0 Å². The molecule has 1 N–H and O–H groups in total. The highest BCUT2D eigenvalue weighted by molar-refractivity contribution is 5.79. The predicted octanol–water partition coefficient (Wildman–Crippen LogP) is 1.14. The number of carbonyl (C=O) groups is 1. The molecule has 0 aromatic rings. The van der Waals surface area contributed by atoms with Gasteiger partial charge >= 0.3 is 5.97 Å². The monoisotopic (exact) mass is 245 g/mol. The zero-order valence-electron chi connectivity index (χ0n) is 10.1. The van der Waals surface area contributed by atoms with Crippen LogP contribution in [0, 0.1) is 16.0 Å². The second-order valence-electron chi connectivity index (χ2n) is 4.47. The zero-order chi connectivity index (χ0) is 12.9. The third-order valence-corrected chi connectivity index (χ3v) is 3.28. The molecule has 0 bridgehead atoms. The van der Waals surface area contributed by atoms with Gasteiger partial charge < -0.3 is 9.84 Å². The molecule has 0 radical (unpaired) electrons. The maximum absolute atomic E-state index is 11.7. The van der Waals surface area contributed by atoms with Gasteiger partial charge in [0.15, 0.2) is 0 Å². The van der Waals surface area contributed by atoms with Gasteiger partial charge in [-0.05, 0) is 19.8 Å². The number of nitro groups is 1. The summed E-state index contributed by atoms with van der Waals surface area (Å²) >= 11 is 0. The molecule has 0 heterocycles. The van der Waals surface area contributed by atoms with Crippen molar-refractivity contribution in [2.75, 3.05) is 13.2 Å². The van der Waals surface area contributed by atoms with Crippen LogP contribution in [0.5, 0.6) is 0 Å². The lowest BCUT2D eigenvalue weighted by molar-refractivity contribution is -0.500. The van der Waals surface area contributed by atoms with E-state index in [0.717, 1.165) is 19.3 Å². The minimum absolute atomic E-state index is 0.117. The fourth-order valence-corrected chi connectivity index (χ4v) is 2.39. The number of hydrogen-bond donors (Lipinski definition) is 1. The highest BCUT2D eigenvalue weighted by atomic mass is 16.6. The molecule has 1 rings (SSSR count). The molecular formula is C11H19NO5. The molecule has 0 aromatic carbocycles. The summed E-state index contributed by atoms with van der Waals surface area (Å²) in [5, 5.41) is 20.9. The predicted molar refractivity (Wildman–Crippen MR) is 60.0 cm³/mol. The lowest BCUT2D eigenvalue weighted by Crippen LogP contribution is -2.52. The molecule has 1 aliphatic rings. The van der Waals surface area contributed by atoms with Crippen LogP contribution in [0.25, 0.3) is 0 Å². The van der Waals surface area contributed by atoms with E-state index in [-0.39, 0.29) is 12.5 Å². The van der Waals surface area contributed by atoms with Crippen LogP contribution in [0.1, 0.15) is 39.0 Å². The molecule has 0 aliphatic heterocycles. The van der Waals surface area contributed by atoms with E-state index in [1.165, 1.54) is 0 Å². The topological polar surface area (TPSA) is 89.7 Å². The van der Waals surface area contributed by atoms with Gasteiger partial charge in [-0.15, -0.1) is 0 Å². The van der Waals surface area contributed by atoms with E-state index < -0.39 is 23.0 Å². The second-order valence-corrected chi connectivity index (χ2v) is 4.47. The zero-order valence-corrected chi connectivity index (χ0v) is 10.1. The lowest BCUT2D eigenvalue weighted by atomic mass is 9.77. The molecular weight excluding hydrogens is 226 g/mol. The summed E-state index contributed by atoms with van der Waals surface area (Å²) in [6.07, 6.45) is 4.12. The Bertz CT molecular complexity index is 288. The molecule has 1 aliphatic carbocycles. The van der Waals surface area contributed by atoms with Crippen LogP contribution in [0.15, 0.2) is 0 Å². The van der Waals surface area contributed by atoms with E-state index in [1.54, 1.807) is 6.92 Å². The summed E-state index contributed by atoms with van der Waals surface area (Å²) in [6, 6.07) is 0. The first-order valence-corrected chi connectivity index (χ1v) is 6.02. The first-order chi connectivity index (χ1) is 8.00. The van der Waals surface area contributed by atoms with Crippen molar-refractivity contribution in [1.82, 2.24) is 0 Å². The molecule has 1 saturated carbocycles. The molecule has 1 atom stereocenters. The average molecular weight is 245 g/mol. The van der Waals surface area contributed by atoms with Gasteiger partial charge in [0.25, 0.3) is 0 Å². The fraction of sp³-hybridized carbons (Fsp3) is 0.909. The van der Waals surface area contributed by atoms with Crippen LogP contribution in [0.2, 0.25) is 0 Å². The van der Waals surface area contributed by atoms with E-state index in [9.17, 15) is 20.0 Å². The molecule has 98 valence electrons. The third-order valence-electron chi connectivity index (χ3n) is 3.28. The van der Waals surface area contributed by atoms with Crippen LogP contribution < -0.4 is 0 Å². The SMILES string of the molecule is CCOC(=O)[C@@](O)(C[N+](=O)[O-])C1CCCCC1. The maximum atomic E-state index is 11.7. The Balaban J connectivity index is 2.82. The van der Waals surface area contributed by atoms with Gasteiger partial charge in [-0.3, -0.25) is 10.1 Å². The highest BCUT2D eigenvalue weighted by Crippen LogP contribution is 2.33. The number of carbonyl (C=O) groups excluding carboxylic acids is 1. The molecule has 0 unspecified atom stereocenters. The quantitative estimate of drug-likeness (QED) is 0.445. The van der Waals surface area contributed by atoms with E-state index in [0.29, 0.717) is 12.8 Å². The summed E-state index contributed by atoms with van der Waals surface area (Å²) in [7, 11) is 0. The van der Waals surface area contributed by atoms with Gasteiger partial charge in [-0.25, -0.2) is 4.79 Å². The molecule has 6 nitrogen and oxygen atoms in total. The highest BCUT2D eigenvalue weighted by Gasteiger charge is 2.49. The molecule has 0 aromatic heterocycles. The Morgan fingerprint density at radius 2 is 2.06 bits per heavy atom.